The summed E-state index contributed by atoms with van der Waals surface area (Å²) < 4.78 is 4.87. The summed E-state index contributed by atoms with van der Waals surface area (Å²) >= 11 is 0. The van der Waals surface area contributed by atoms with E-state index in [0.717, 1.165) is 24.8 Å². The SMILES string of the molecule is CC(=O)OC(C#N)C1=CCCCC1. The molecule has 0 amide bonds. The zero-order valence-electron chi connectivity index (χ0n) is 7.75. The molecule has 1 atom stereocenters. The first-order chi connectivity index (χ1) is 6.24. The Labute approximate surface area is 78.0 Å². The summed E-state index contributed by atoms with van der Waals surface area (Å²) in [7, 11) is 0. The maximum Gasteiger partial charge on any atom is 0.304 e. The lowest BCUT2D eigenvalue weighted by molar-refractivity contribution is -0.142. The number of ether oxygens (including phenoxy) is 1. The van der Waals surface area contributed by atoms with Crippen LogP contribution in [0.3, 0.4) is 0 Å². The first kappa shape index (κ1) is 9.79. The maximum absolute atomic E-state index is 10.7. The van der Waals surface area contributed by atoms with Crippen LogP contribution in [0.2, 0.25) is 0 Å². The molecule has 3 nitrogen and oxygen atoms in total. The normalized spacial score (nSPS) is 18.3. The topological polar surface area (TPSA) is 50.1 Å². The van der Waals surface area contributed by atoms with Gasteiger partial charge in [-0.05, 0) is 31.3 Å². The second kappa shape index (κ2) is 4.66. The van der Waals surface area contributed by atoms with Crippen molar-refractivity contribution in [3.05, 3.63) is 11.6 Å². The Morgan fingerprint density at radius 1 is 1.69 bits per heavy atom. The van der Waals surface area contributed by atoms with E-state index in [-0.39, 0.29) is 0 Å². The summed E-state index contributed by atoms with van der Waals surface area (Å²) in [6, 6.07) is 1.99. The van der Waals surface area contributed by atoms with Crippen molar-refractivity contribution < 1.29 is 9.53 Å². The molecule has 0 saturated heterocycles. The highest BCUT2D eigenvalue weighted by atomic mass is 16.5. The summed E-state index contributed by atoms with van der Waals surface area (Å²) in [5.74, 6) is -0.391. The number of carbonyl (C=O) groups excluding carboxylic acids is 1. The van der Waals surface area contributed by atoms with E-state index >= 15 is 0 Å². The van der Waals surface area contributed by atoms with Gasteiger partial charge in [-0.2, -0.15) is 5.26 Å². The minimum absolute atomic E-state index is 0.391. The quantitative estimate of drug-likeness (QED) is 0.480. The number of nitriles is 1. The largest absolute Gasteiger partial charge is 0.442 e. The van der Waals surface area contributed by atoms with Gasteiger partial charge in [-0.1, -0.05) is 6.08 Å². The third kappa shape index (κ3) is 2.90. The molecule has 0 fully saturated rings. The van der Waals surface area contributed by atoms with Gasteiger partial charge in [0.15, 0.2) is 0 Å². The minimum atomic E-state index is -0.655. The molecule has 0 heterocycles. The number of hydrogen-bond donors (Lipinski definition) is 0. The van der Waals surface area contributed by atoms with Crippen LogP contribution in [-0.4, -0.2) is 12.1 Å². The fraction of sp³-hybridized carbons (Fsp3) is 0.600. The van der Waals surface area contributed by atoms with Crippen molar-refractivity contribution in [3.63, 3.8) is 0 Å². The fourth-order valence-corrected chi connectivity index (χ4v) is 1.45. The van der Waals surface area contributed by atoms with Crippen LogP contribution in [-0.2, 0) is 9.53 Å². The number of rotatable bonds is 2. The van der Waals surface area contributed by atoms with Gasteiger partial charge in [-0.15, -0.1) is 0 Å². The molecule has 0 bridgehead atoms. The molecule has 0 aromatic carbocycles. The van der Waals surface area contributed by atoms with E-state index in [1.165, 1.54) is 13.3 Å². The molecular formula is C10H13NO2. The van der Waals surface area contributed by atoms with E-state index in [0.29, 0.717) is 0 Å². The molecule has 0 aromatic rings. The van der Waals surface area contributed by atoms with Crippen LogP contribution in [0.4, 0.5) is 0 Å². The zero-order chi connectivity index (χ0) is 9.68. The average molecular weight is 179 g/mol. The van der Waals surface area contributed by atoms with Gasteiger partial charge < -0.3 is 4.74 Å². The Kier molecular flexibility index (Phi) is 3.51. The molecule has 0 saturated carbocycles. The molecule has 13 heavy (non-hydrogen) atoms. The highest BCUT2D eigenvalue weighted by Gasteiger charge is 2.17. The van der Waals surface area contributed by atoms with Gasteiger partial charge in [-0.25, -0.2) is 0 Å². The van der Waals surface area contributed by atoms with Gasteiger partial charge in [0.1, 0.15) is 6.07 Å². The molecule has 1 rings (SSSR count). The number of allylic oxidation sites excluding steroid dienone is 1. The molecular weight excluding hydrogens is 166 g/mol. The first-order valence-electron chi connectivity index (χ1n) is 4.50. The van der Waals surface area contributed by atoms with Gasteiger partial charge >= 0.3 is 5.97 Å². The summed E-state index contributed by atoms with van der Waals surface area (Å²) in [5.41, 5.74) is 0.962. The zero-order valence-corrected chi connectivity index (χ0v) is 7.75. The molecule has 0 spiro atoms. The van der Waals surface area contributed by atoms with E-state index in [1.807, 2.05) is 12.1 Å². The molecule has 0 radical (unpaired) electrons. The Bertz CT molecular complexity index is 263. The van der Waals surface area contributed by atoms with Crippen molar-refractivity contribution in [3.8, 4) is 6.07 Å². The average Bonchev–Trinajstić information content (AvgIpc) is 2.15. The van der Waals surface area contributed by atoms with Crippen LogP contribution in [0, 0.1) is 11.3 Å². The van der Waals surface area contributed by atoms with E-state index in [4.69, 9.17) is 10.00 Å². The smallest absolute Gasteiger partial charge is 0.304 e. The third-order valence-corrected chi connectivity index (χ3v) is 2.06. The van der Waals surface area contributed by atoms with E-state index in [2.05, 4.69) is 0 Å². The van der Waals surface area contributed by atoms with Crippen molar-refractivity contribution in [1.29, 1.82) is 5.26 Å². The number of esters is 1. The van der Waals surface area contributed by atoms with Crippen LogP contribution in [0.1, 0.15) is 32.6 Å². The van der Waals surface area contributed by atoms with Gasteiger partial charge in [0.2, 0.25) is 6.10 Å². The summed E-state index contributed by atoms with van der Waals surface area (Å²) in [4.78, 5) is 10.7. The van der Waals surface area contributed by atoms with Crippen molar-refractivity contribution >= 4 is 5.97 Å². The Balaban J connectivity index is 2.60. The predicted octanol–water partition coefficient (Wildman–Crippen LogP) is 1.94. The van der Waals surface area contributed by atoms with E-state index in [9.17, 15) is 4.79 Å². The Hall–Kier alpha value is -1.30. The summed E-state index contributed by atoms with van der Waals surface area (Å²) in [6.07, 6.45) is 5.49. The van der Waals surface area contributed by atoms with Crippen molar-refractivity contribution in [2.24, 2.45) is 0 Å². The standard InChI is InChI=1S/C10H13NO2/c1-8(12)13-10(7-11)9-5-3-2-4-6-9/h5,10H,2-4,6H2,1H3. The number of nitrogens with zero attached hydrogens (tertiary/aromatic N) is 1. The first-order valence-corrected chi connectivity index (χ1v) is 4.50. The summed E-state index contributed by atoms with van der Waals surface area (Å²) in [5, 5.41) is 8.76. The maximum atomic E-state index is 10.7. The van der Waals surface area contributed by atoms with Crippen molar-refractivity contribution in [2.75, 3.05) is 0 Å². The van der Waals surface area contributed by atoms with Crippen molar-refractivity contribution in [1.82, 2.24) is 0 Å². The molecule has 0 N–H and O–H groups in total. The van der Waals surface area contributed by atoms with E-state index in [1.54, 1.807) is 0 Å². The molecule has 3 heteroatoms. The molecule has 1 unspecified atom stereocenters. The second-order valence-corrected chi connectivity index (χ2v) is 3.14. The predicted molar refractivity (Wildman–Crippen MR) is 47.7 cm³/mol. The van der Waals surface area contributed by atoms with Crippen LogP contribution < -0.4 is 0 Å². The highest BCUT2D eigenvalue weighted by molar-refractivity contribution is 5.66. The monoisotopic (exact) mass is 179 g/mol. The number of hydrogen-bond acceptors (Lipinski definition) is 3. The lowest BCUT2D eigenvalue weighted by Gasteiger charge is -2.16. The second-order valence-electron chi connectivity index (χ2n) is 3.14. The fourth-order valence-electron chi connectivity index (χ4n) is 1.45. The number of carbonyl (C=O) groups is 1. The lowest BCUT2D eigenvalue weighted by Crippen LogP contribution is -2.18. The van der Waals surface area contributed by atoms with Gasteiger partial charge in [-0.3, -0.25) is 4.79 Å². The van der Waals surface area contributed by atoms with Crippen molar-refractivity contribution in [2.45, 2.75) is 38.7 Å². The summed E-state index contributed by atoms with van der Waals surface area (Å²) in [6.45, 7) is 1.33. The minimum Gasteiger partial charge on any atom is -0.442 e. The molecule has 0 aliphatic heterocycles. The van der Waals surface area contributed by atoms with Crippen LogP contribution in [0.25, 0.3) is 0 Å². The highest BCUT2D eigenvalue weighted by Crippen LogP contribution is 2.21. The Morgan fingerprint density at radius 2 is 2.46 bits per heavy atom. The van der Waals surface area contributed by atoms with Gasteiger partial charge in [0.25, 0.3) is 0 Å². The lowest BCUT2D eigenvalue weighted by atomic mass is 9.96. The molecule has 1 aliphatic rings. The Morgan fingerprint density at radius 3 is 2.92 bits per heavy atom. The third-order valence-electron chi connectivity index (χ3n) is 2.06. The van der Waals surface area contributed by atoms with Gasteiger partial charge in [0.05, 0.1) is 0 Å². The van der Waals surface area contributed by atoms with Gasteiger partial charge in [0, 0.05) is 6.92 Å². The van der Waals surface area contributed by atoms with Crippen LogP contribution >= 0.6 is 0 Å². The molecule has 0 aromatic heterocycles. The van der Waals surface area contributed by atoms with Crippen LogP contribution in [0.5, 0.6) is 0 Å². The van der Waals surface area contributed by atoms with E-state index < -0.39 is 12.1 Å². The molecule has 1 aliphatic carbocycles. The van der Waals surface area contributed by atoms with Crippen LogP contribution in [0.15, 0.2) is 11.6 Å². The molecule has 70 valence electrons.